The van der Waals surface area contributed by atoms with Gasteiger partial charge in [-0.25, -0.2) is 15.8 Å². The maximum absolute atomic E-state index is 11.5. The highest BCUT2D eigenvalue weighted by Gasteiger charge is 2.15. The first-order valence-electron chi connectivity index (χ1n) is 5.73. The van der Waals surface area contributed by atoms with Crippen LogP contribution < -0.4 is 21.5 Å². The van der Waals surface area contributed by atoms with Crippen molar-refractivity contribution in [3.8, 4) is 0 Å². The number of nitrogen functional groups attached to an aromatic ring is 1. The molecule has 0 radical (unpaired) electrons. The molecule has 0 bridgehead atoms. The third-order valence-electron chi connectivity index (χ3n) is 2.61. The molecule has 1 aromatic rings. The van der Waals surface area contributed by atoms with Crippen LogP contribution in [0.25, 0.3) is 0 Å². The van der Waals surface area contributed by atoms with Gasteiger partial charge in [0.05, 0.1) is 5.92 Å². The van der Waals surface area contributed by atoms with E-state index in [4.69, 9.17) is 5.84 Å². The topological polar surface area (TPSA) is 96.2 Å². The molecule has 0 saturated heterocycles. The summed E-state index contributed by atoms with van der Waals surface area (Å²) >= 11 is 0. The third-order valence-corrected chi connectivity index (χ3v) is 2.61. The Labute approximate surface area is 107 Å². The van der Waals surface area contributed by atoms with E-state index in [1.807, 2.05) is 18.9 Å². The molecule has 0 spiro atoms. The Morgan fingerprint density at radius 1 is 1.56 bits per heavy atom. The number of nitrogens with two attached hydrogens (primary N) is 1. The second-order valence-corrected chi connectivity index (χ2v) is 4.20. The monoisotopic (exact) mass is 252 g/mol. The molecule has 0 saturated carbocycles. The average molecular weight is 252 g/mol. The Morgan fingerprint density at radius 2 is 2.22 bits per heavy atom. The van der Waals surface area contributed by atoms with Crippen LogP contribution >= 0.6 is 0 Å². The quantitative estimate of drug-likeness (QED) is 0.500. The Bertz CT molecular complexity index is 422. The van der Waals surface area contributed by atoms with Crippen LogP contribution in [0.2, 0.25) is 0 Å². The molecular weight excluding hydrogens is 232 g/mol. The van der Waals surface area contributed by atoms with Crippen molar-refractivity contribution in [2.45, 2.75) is 13.8 Å². The Hall–Kier alpha value is -1.89. The lowest BCUT2D eigenvalue weighted by Crippen LogP contribution is -2.34. The van der Waals surface area contributed by atoms with Crippen LogP contribution in [0.5, 0.6) is 0 Å². The van der Waals surface area contributed by atoms with E-state index in [1.54, 1.807) is 20.0 Å². The Kier molecular flexibility index (Phi) is 4.85. The Balaban J connectivity index is 2.80. The highest BCUT2D eigenvalue weighted by molar-refractivity contribution is 5.78. The predicted octanol–water partition coefficient (Wildman–Crippen LogP) is -0.111. The smallest absolute Gasteiger partial charge is 0.224 e. The summed E-state index contributed by atoms with van der Waals surface area (Å²) in [7, 11) is 3.51. The number of anilines is 2. The second kappa shape index (κ2) is 6.15. The average Bonchev–Trinajstić information content (AvgIpc) is 2.36. The molecule has 100 valence electrons. The van der Waals surface area contributed by atoms with Crippen molar-refractivity contribution in [2.24, 2.45) is 11.8 Å². The maximum Gasteiger partial charge on any atom is 0.224 e. The molecule has 4 N–H and O–H groups in total. The molecule has 1 unspecified atom stereocenters. The zero-order chi connectivity index (χ0) is 13.7. The van der Waals surface area contributed by atoms with Gasteiger partial charge >= 0.3 is 0 Å². The van der Waals surface area contributed by atoms with E-state index in [9.17, 15) is 4.79 Å². The highest BCUT2D eigenvalue weighted by Crippen LogP contribution is 2.15. The molecule has 0 aliphatic heterocycles. The van der Waals surface area contributed by atoms with Crippen LogP contribution in [0.4, 0.5) is 11.6 Å². The third kappa shape index (κ3) is 3.56. The standard InChI is InChI=1S/C11H20N6O/c1-7(11(18)13-3)6-17(4)10-5-9(16-12)14-8(2)15-10/h5,7H,6,12H2,1-4H3,(H,13,18)(H,14,15,16). The summed E-state index contributed by atoms with van der Waals surface area (Å²) < 4.78 is 0. The molecular formula is C11H20N6O. The van der Waals surface area contributed by atoms with Crippen molar-refractivity contribution >= 4 is 17.5 Å². The number of nitrogens with zero attached hydrogens (tertiary/aromatic N) is 3. The largest absolute Gasteiger partial charge is 0.359 e. The van der Waals surface area contributed by atoms with Crippen molar-refractivity contribution in [1.82, 2.24) is 15.3 Å². The van der Waals surface area contributed by atoms with Gasteiger partial charge in [0.25, 0.3) is 0 Å². The van der Waals surface area contributed by atoms with Gasteiger partial charge in [0, 0.05) is 26.7 Å². The number of hydrogen-bond acceptors (Lipinski definition) is 6. The van der Waals surface area contributed by atoms with E-state index < -0.39 is 0 Å². The highest BCUT2D eigenvalue weighted by atomic mass is 16.1. The van der Waals surface area contributed by atoms with Gasteiger partial charge in [-0.15, -0.1) is 0 Å². The number of rotatable bonds is 5. The fraction of sp³-hybridized carbons (Fsp3) is 0.545. The van der Waals surface area contributed by atoms with E-state index in [0.29, 0.717) is 18.2 Å². The van der Waals surface area contributed by atoms with Gasteiger partial charge in [0.2, 0.25) is 5.91 Å². The lowest BCUT2D eigenvalue weighted by atomic mass is 10.1. The molecule has 1 aromatic heterocycles. The molecule has 18 heavy (non-hydrogen) atoms. The number of aryl methyl sites for hydroxylation is 1. The SMILES string of the molecule is CNC(=O)C(C)CN(C)c1cc(NN)nc(C)n1. The minimum Gasteiger partial charge on any atom is -0.359 e. The lowest BCUT2D eigenvalue weighted by Gasteiger charge is -2.22. The summed E-state index contributed by atoms with van der Waals surface area (Å²) in [5, 5.41) is 2.62. The minimum absolute atomic E-state index is 0.00445. The number of amides is 1. The summed E-state index contributed by atoms with van der Waals surface area (Å²) in [5.74, 6) is 7.13. The molecule has 0 aromatic carbocycles. The molecule has 7 nitrogen and oxygen atoms in total. The summed E-state index contributed by atoms with van der Waals surface area (Å²) in [6.45, 7) is 4.23. The van der Waals surface area contributed by atoms with E-state index in [0.717, 1.165) is 5.82 Å². The molecule has 1 rings (SSSR count). The van der Waals surface area contributed by atoms with Gasteiger partial charge in [-0.3, -0.25) is 4.79 Å². The van der Waals surface area contributed by atoms with Crippen molar-refractivity contribution in [2.75, 3.05) is 31.0 Å². The summed E-state index contributed by atoms with van der Waals surface area (Å²) in [6, 6.07) is 1.74. The normalized spacial score (nSPS) is 11.8. The zero-order valence-corrected chi connectivity index (χ0v) is 11.2. The number of nitrogens with one attached hydrogen (secondary N) is 2. The fourth-order valence-electron chi connectivity index (χ4n) is 1.66. The van der Waals surface area contributed by atoms with Crippen LogP contribution in [0.1, 0.15) is 12.7 Å². The van der Waals surface area contributed by atoms with Crippen molar-refractivity contribution in [1.29, 1.82) is 0 Å². The summed E-state index contributed by atoms with van der Waals surface area (Å²) in [6.07, 6.45) is 0. The molecule has 0 aliphatic carbocycles. The molecule has 7 heteroatoms. The summed E-state index contributed by atoms with van der Waals surface area (Å²) in [4.78, 5) is 21.8. The Morgan fingerprint density at radius 3 is 2.78 bits per heavy atom. The van der Waals surface area contributed by atoms with Crippen LogP contribution in [0, 0.1) is 12.8 Å². The van der Waals surface area contributed by atoms with Crippen molar-refractivity contribution in [3.05, 3.63) is 11.9 Å². The second-order valence-electron chi connectivity index (χ2n) is 4.20. The van der Waals surface area contributed by atoms with Crippen molar-refractivity contribution in [3.63, 3.8) is 0 Å². The minimum atomic E-state index is -0.121. The first kappa shape index (κ1) is 14.2. The summed E-state index contributed by atoms with van der Waals surface area (Å²) in [5.41, 5.74) is 2.49. The number of hydrogen-bond donors (Lipinski definition) is 3. The van der Waals surface area contributed by atoms with Crippen molar-refractivity contribution < 1.29 is 4.79 Å². The van der Waals surface area contributed by atoms with Gasteiger partial charge in [0.15, 0.2) is 0 Å². The van der Waals surface area contributed by atoms with E-state index in [-0.39, 0.29) is 11.8 Å². The number of hydrazine groups is 1. The molecule has 1 amide bonds. The van der Waals surface area contributed by atoms with Gasteiger partial charge in [0.1, 0.15) is 17.5 Å². The first-order chi connectivity index (χ1) is 8.47. The molecule has 1 atom stereocenters. The first-order valence-corrected chi connectivity index (χ1v) is 5.73. The lowest BCUT2D eigenvalue weighted by molar-refractivity contribution is -0.123. The molecule has 1 heterocycles. The number of carbonyl (C=O) groups excluding carboxylic acids is 1. The van der Waals surface area contributed by atoms with E-state index in [2.05, 4.69) is 20.7 Å². The fourth-order valence-corrected chi connectivity index (χ4v) is 1.66. The maximum atomic E-state index is 11.5. The van der Waals surface area contributed by atoms with E-state index >= 15 is 0 Å². The van der Waals surface area contributed by atoms with Crippen LogP contribution in [-0.4, -0.2) is 36.5 Å². The number of carbonyl (C=O) groups is 1. The van der Waals surface area contributed by atoms with Crippen LogP contribution in [0.3, 0.4) is 0 Å². The molecule has 0 fully saturated rings. The number of aromatic nitrogens is 2. The van der Waals surface area contributed by atoms with Crippen LogP contribution in [-0.2, 0) is 4.79 Å². The van der Waals surface area contributed by atoms with Crippen LogP contribution in [0.15, 0.2) is 6.07 Å². The van der Waals surface area contributed by atoms with E-state index in [1.165, 1.54) is 0 Å². The van der Waals surface area contributed by atoms with Gasteiger partial charge in [-0.2, -0.15) is 0 Å². The van der Waals surface area contributed by atoms with Gasteiger partial charge in [-0.05, 0) is 6.92 Å². The zero-order valence-electron chi connectivity index (χ0n) is 11.2. The van der Waals surface area contributed by atoms with Gasteiger partial charge < -0.3 is 15.6 Å². The van der Waals surface area contributed by atoms with Gasteiger partial charge in [-0.1, -0.05) is 6.92 Å². The molecule has 0 aliphatic rings. The predicted molar refractivity (Wildman–Crippen MR) is 71.1 cm³/mol.